The first-order valence-electron chi connectivity index (χ1n) is 3.91. The topological polar surface area (TPSA) is 49.3 Å². The van der Waals surface area contributed by atoms with E-state index in [2.05, 4.69) is 5.32 Å². The lowest BCUT2D eigenvalue weighted by molar-refractivity contribution is -0.138. The summed E-state index contributed by atoms with van der Waals surface area (Å²) in [6.45, 7) is 1.67. The quantitative estimate of drug-likeness (QED) is 0.719. The van der Waals surface area contributed by atoms with Crippen molar-refractivity contribution in [3.63, 3.8) is 0 Å². The van der Waals surface area contributed by atoms with Gasteiger partial charge in [-0.3, -0.25) is 0 Å². The van der Waals surface area contributed by atoms with E-state index in [1.54, 1.807) is 6.92 Å². The summed E-state index contributed by atoms with van der Waals surface area (Å²) in [7, 11) is 0. The molecule has 2 rings (SSSR count). The van der Waals surface area contributed by atoms with E-state index in [1.165, 1.54) is 11.8 Å². The van der Waals surface area contributed by atoms with Gasteiger partial charge in [0.15, 0.2) is 4.87 Å². The lowest BCUT2D eigenvalue weighted by Crippen LogP contribution is -2.36. The monoisotopic (exact) mass is 195 g/mol. The van der Waals surface area contributed by atoms with Gasteiger partial charge >= 0.3 is 5.97 Å². The van der Waals surface area contributed by atoms with Crippen LogP contribution in [0.4, 0.5) is 5.69 Å². The molecule has 2 N–H and O–H groups in total. The highest BCUT2D eigenvalue weighted by molar-refractivity contribution is 8.02. The summed E-state index contributed by atoms with van der Waals surface area (Å²) < 4.78 is 0. The smallest absolute Gasteiger partial charge is 0.340 e. The van der Waals surface area contributed by atoms with Gasteiger partial charge in [-0.15, -0.1) is 0 Å². The second-order valence-electron chi connectivity index (χ2n) is 3.06. The molecule has 1 heterocycles. The van der Waals surface area contributed by atoms with Crippen LogP contribution in [0.2, 0.25) is 0 Å². The molecule has 0 saturated carbocycles. The van der Waals surface area contributed by atoms with Crippen LogP contribution in [0.1, 0.15) is 6.92 Å². The number of hydrogen-bond donors (Lipinski definition) is 2. The first-order chi connectivity index (χ1) is 6.12. The van der Waals surface area contributed by atoms with Crippen molar-refractivity contribution in [1.82, 2.24) is 0 Å². The molecule has 0 aromatic heterocycles. The summed E-state index contributed by atoms with van der Waals surface area (Å²) in [5.74, 6) is -0.839. The van der Waals surface area contributed by atoms with Crippen molar-refractivity contribution in [3.8, 4) is 0 Å². The fraction of sp³-hybridized carbons (Fsp3) is 0.222. The summed E-state index contributed by atoms with van der Waals surface area (Å²) in [6, 6.07) is 7.60. The van der Waals surface area contributed by atoms with Crippen molar-refractivity contribution in [2.75, 3.05) is 5.32 Å². The maximum absolute atomic E-state index is 10.9. The van der Waals surface area contributed by atoms with Gasteiger partial charge in [0.1, 0.15) is 0 Å². The number of benzene rings is 1. The number of carboxylic acid groups (broad SMARTS) is 1. The highest BCUT2D eigenvalue weighted by atomic mass is 32.2. The van der Waals surface area contributed by atoms with E-state index in [4.69, 9.17) is 5.11 Å². The lowest BCUT2D eigenvalue weighted by Gasteiger charge is -2.17. The van der Waals surface area contributed by atoms with Crippen molar-refractivity contribution >= 4 is 23.4 Å². The number of thioether (sulfide) groups is 1. The van der Waals surface area contributed by atoms with Gasteiger partial charge in [-0.1, -0.05) is 23.9 Å². The highest BCUT2D eigenvalue weighted by Crippen LogP contribution is 2.44. The number of hydrogen-bond acceptors (Lipinski definition) is 3. The van der Waals surface area contributed by atoms with Gasteiger partial charge in [-0.2, -0.15) is 0 Å². The lowest BCUT2D eigenvalue weighted by atomic mass is 10.3. The minimum absolute atomic E-state index is 0.839. The molecule has 1 atom stereocenters. The van der Waals surface area contributed by atoms with E-state index in [0.29, 0.717) is 0 Å². The molecule has 1 aromatic carbocycles. The molecule has 4 heteroatoms. The van der Waals surface area contributed by atoms with E-state index in [9.17, 15) is 4.79 Å². The third kappa shape index (κ3) is 1.27. The van der Waals surface area contributed by atoms with Gasteiger partial charge < -0.3 is 10.4 Å². The predicted octanol–water partition coefficient (Wildman–Crippen LogP) is 2.00. The minimum Gasteiger partial charge on any atom is -0.479 e. The van der Waals surface area contributed by atoms with E-state index in [1.807, 2.05) is 24.3 Å². The number of anilines is 1. The highest BCUT2D eigenvalue weighted by Gasteiger charge is 2.40. The molecule has 0 bridgehead atoms. The molecule has 3 nitrogen and oxygen atoms in total. The van der Waals surface area contributed by atoms with Crippen molar-refractivity contribution < 1.29 is 9.90 Å². The van der Waals surface area contributed by atoms with Crippen LogP contribution < -0.4 is 5.32 Å². The average Bonchev–Trinajstić information content (AvgIpc) is 2.42. The second-order valence-corrected chi connectivity index (χ2v) is 4.52. The fourth-order valence-corrected chi connectivity index (χ4v) is 2.32. The second kappa shape index (κ2) is 2.67. The molecule has 13 heavy (non-hydrogen) atoms. The van der Waals surface area contributed by atoms with E-state index in [-0.39, 0.29) is 0 Å². The number of carboxylic acids is 1. The maximum atomic E-state index is 10.9. The maximum Gasteiger partial charge on any atom is 0.340 e. The van der Waals surface area contributed by atoms with Crippen molar-refractivity contribution in [1.29, 1.82) is 0 Å². The van der Waals surface area contributed by atoms with Crippen LogP contribution in [0.15, 0.2) is 29.2 Å². The van der Waals surface area contributed by atoms with Gasteiger partial charge in [0, 0.05) is 10.6 Å². The van der Waals surface area contributed by atoms with Crippen LogP contribution in [0.25, 0.3) is 0 Å². The first-order valence-corrected chi connectivity index (χ1v) is 4.73. The molecule has 1 aromatic rings. The third-order valence-electron chi connectivity index (χ3n) is 1.98. The van der Waals surface area contributed by atoms with E-state index >= 15 is 0 Å². The zero-order valence-corrected chi connectivity index (χ0v) is 7.89. The van der Waals surface area contributed by atoms with Crippen LogP contribution in [-0.2, 0) is 4.79 Å². The molecule has 68 valence electrons. The van der Waals surface area contributed by atoms with Crippen LogP contribution in [0, 0.1) is 0 Å². The Morgan fingerprint density at radius 2 is 2.23 bits per heavy atom. The minimum atomic E-state index is -0.913. The van der Waals surface area contributed by atoms with Gasteiger partial charge in [0.05, 0.1) is 0 Å². The predicted molar refractivity (Wildman–Crippen MR) is 52.0 cm³/mol. The average molecular weight is 195 g/mol. The Bertz CT molecular complexity index is 339. The molecule has 1 unspecified atom stereocenters. The zero-order valence-electron chi connectivity index (χ0n) is 7.07. The first kappa shape index (κ1) is 8.44. The van der Waals surface area contributed by atoms with Crippen LogP contribution in [0.3, 0.4) is 0 Å². The Kier molecular flexibility index (Phi) is 1.73. The number of nitrogens with one attached hydrogen (secondary N) is 1. The summed E-state index contributed by atoms with van der Waals surface area (Å²) in [5.41, 5.74) is 0.900. The largest absolute Gasteiger partial charge is 0.479 e. The summed E-state index contributed by atoms with van der Waals surface area (Å²) in [5, 5.41) is 11.9. The Hall–Kier alpha value is -1.16. The van der Waals surface area contributed by atoms with E-state index in [0.717, 1.165) is 10.6 Å². The summed E-state index contributed by atoms with van der Waals surface area (Å²) >= 11 is 1.34. The van der Waals surface area contributed by atoms with Gasteiger partial charge in [0.2, 0.25) is 0 Å². The SMILES string of the molecule is CC1(C(=O)O)Nc2ccccc2S1. The number of para-hydroxylation sites is 1. The van der Waals surface area contributed by atoms with Gasteiger partial charge in [-0.05, 0) is 19.1 Å². The molecule has 0 fully saturated rings. The standard InChI is InChI=1S/C9H9NO2S/c1-9(8(11)12)10-6-4-2-3-5-7(6)13-9/h2-5,10H,1H3,(H,11,12). The zero-order chi connectivity index (χ0) is 9.47. The Labute approximate surface area is 80.1 Å². The number of rotatable bonds is 1. The van der Waals surface area contributed by atoms with Gasteiger partial charge in [-0.25, -0.2) is 4.79 Å². The molecular formula is C9H9NO2S. The number of fused-ring (bicyclic) bond motifs is 1. The Balaban J connectivity index is 2.37. The molecule has 1 aliphatic heterocycles. The number of carbonyl (C=O) groups is 1. The number of aliphatic carboxylic acids is 1. The Morgan fingerprint density at radius 3 is 2.85 bits per heavy atom. The van der Waals surface area contributed by atoms with Gasteiger partial charge in [0.25, 0.3) is 0 Å². The van der Waals surface area contributed by atoms with Crippen molar-refractivity contribution in [2.24, 2.45) is 0 Å². The molecule has 0 saturated heterocycles. The molecule has 0 spiro atoms. The summed E-state index contributed by atoms with van der Waals surface area (Å²) in [4.78, 5) is 11.0. The molecule has 0 radical (unpaired) electrons. The molecular weight excluding hydrogens is 186 g/mol. The van der Waals surface area contributed by atoms with Crippen LogP contribution >= 0.6 is 11.8 Å². The van der Waals surface area contributed by atoms with Crippen LogP contribution in [0.5, 0.6) is 0 Å². The Morgan fingerprint density at radius 1 is 1.54 bits per heavy atom. The fourth-order valence-electron chi connectivity index (χ4n) is 1.26. The normalized spacial score (nSPS) is 25.0. The van der Waals surface area contributed by atoms with Crippen molar-refractivity contribution in [3.05, 3.63) is 24.3 Å². The molecule has 0 amide bonds. The van der Waals surface area contributed by atoms with Crippen LogP contribution in [-0.4, -0.2) is 15.9 Å². The molecule has 1 aliphatic rings. The molecule has 0 aliphatic carbocycles. The summed E-state index contributed by atoms with van der Waals surface area (Å²) in [6.07, 6.45) is 0. The third-order valence-corrected chi connectivity index (χ3v) is 3.24. The van der Waals surface area contributed by atoms with Crippen molar-refractivity contribution in [2.45, 2.75) is 16.7 Å². The van der Waals surface area contributed by atoms with E-state index < -0.39 is 10.8 Å².